The van der Waals surface area contributed by atoms with Crippen LogP contribution in [0.2, 0.25) is 0 Å². The van der Waals surface area contributed by atoms with Crippen molar-refractivity contribution in [1.29, 1.82) is 0 Å². The van der Waals surface area contributed by atoms with Crippen LogP contribution in [-0.4, -0.2) is 23.9 Å². The van der Waals surface area contributed by atoms with Crippen LogP contribution in [0.1, 0.15) is 41.7 Å². The number of pyridine rings is 3. The van der Waals surface area contributed by atoms with E-state index in [1.807, 2.05) is 36.7 Å². The van der Waals surface area contributed by atoms with E-state index in [2.05, 4.69) is 117 Å². The smallest absolute Gasteiger partial charge is 0.503 e. The van der Waals surface area contributed by atoms with Crippen molar-refractivity contribution in [1.82, 2.24) is 23.9 Å². The predicted octanol–water partition coefficient (Wildman–Crippen LogP) is 10.1. The first-order valence-electron chi connectivity index (χ1n) is 16.6. The Morgan fingerprint density at radius 1 is 0.720 bits per heavy atom. The molecule has 0 saturated heterocycles. The first kappa shape index (κ1) is 30.7. The Bertz CT molecular complexity index is 2860. The zero-order chi connectivity index (χ0) is 33.2. The third-order valence-corrected chi connectivity index (χ3v) is 10.3. The Labute approximate surface area is 303 Å². The number of para-hydroxylation sites is 1. The summed E-state index contributed by atoms with van der Waals surface area (Å²) in [6, 6.07) is 34.7. The molecule has 6 heterocycles. The molecule has 0 fully saturated rings. The first-order chi connectivity index (χ1) is 23.8. The van der Waals surface area contributed by atoms with Gasteiger partial charge in [-0.05, 0) is 67.1 Å². The van der Waals surface area contributed by atoms with Crippen LogP contribution in [0.5, 0.6) is 11.5 Å². The number of aryl methyl sites for hydroxylation is 3. The summed E-state index contributed by atoms with van der Waals surface area (Å²) in [6.07, 6.45) is 5.82. The minimum atomic E-state index is -0.227. The van der Waals surface area contributed by atoms with Crippen LogP contribution in [0.25, 0.3) is 66.3 Å². The van der Waals surface area contributed by atoms with E-state index in [4.69, 9.17) is 19.7 Å². The van der Waals surface area contributed by atoms with Gasteiger partial charge in [-0.2, -0.15) is 6.07 Å². The standard InChI is InChI=1S/C43H31N5O.Pt/c1-24-19-25(2)38(26(3)20-24)35-23-47-36-12-8-17-44-39(36)29-15-13-27(21-32(29)42(47)46-35)49-28-14-16-33-37(22-28)48-40-30(31-10-7-18-45-41(31)48)9-6-11-34(40)43(33,4)5;/h6-20,23H,1-5H3;/q-2;+2. The van der Waals surface area contributed by atoms with Gasteiger partial charge in [0, 0.05) is 46.4 Å². The van der Waals surface area contributed by atoms with Gasteiger partial charge < -0.3 is 13.7 Å². The molecule has 0 unspecified atom stereocenters. The molecule has 0 bridgehead atoms. The van der Waals surface area contributed by atoms with Gasteiger partial charge in [-0.3, -0.25) is 9.97 Å². The fourth-order valence-electron chi connectivity index (χ4n) is 8.23. The minimum absolute atomic E-state index is 0. The third-order valence-electron chi connectivity index (χ3n) is 10.3. The average Bonchev–Trinajstić information content (AvgIpc) is 3.68. The molecule has 244 valence electrons. The largest absolute Gasteiger partial charge is 2.00 e. The van der Waals surface area contributed by atoms with Crippen LogP contribution < -0.4 is 4.74 Å². The topological polar surface area (TPSA) is 57.2 Å². The second-order valence-corrected chi connectivity index (χ2v) is 13.8. The van der Waals surface area contributed by atoms with Crippen molar-refractivity contribution < 1.29 is 25.8 Å². The fourth-order valence-corrected chi connectivity index (χ4v) is 8.23. The second-order valence-electron chi connectivity index (χ2n) is 13.8. The van der Waals surface area contributed by atoms with Crippen molar-refractivity contribution in [3.63, 3.8) is 0 Å². The van der Waals surface area contributed by atoms with E-state index in [0.717, 1.165) is 55.4 Å². The van der Waals surface area contributed by atoms with E-state index in [9.17, 15) is 0 Å². The molecule has 0 N–H and O–H groups in total. The molecule has 1 aliphatic heterocycles. The Kier molecular flexibility index (Phi) is 6.66. The second kappa shape index (κ2) is 10.8. The van der Waals surface area contributed by atoms with Crippen LogP contribution >= 0.6 is 0 Å². The number of fused-ring (bicyclic) bond motifs is 11. The van der Waals surface area contributed by atoms with Crippen molar-refractivity contribution in [3.05, 3.63) is 137 Å². The summed E-state index contributed by atoms with van der Waals surface area (Å²) < 4.78 is 11.0. The number of nitrogens with zero attached hydrogens (tertiary/aromatic N) is 5. The van der Waals surface area contributed by atoms with Gasteiger partial charge in [0.15, 0.2) is 0 Å². The number of ether oxygens (including phenoxy) is 1. The molecule has 1 aliphatic rings. The Morgan fingerprint density at radius 2 is 1.46 bits per heavy atom. The maximum atomic E-state index is 6.59. The number of imidazole rings is 1. The summed E-state index contributed by atoms with van der Waals surface area (Å²) in [7, 11) is 0. The summed E-state index contributed by atoms with van der Waals surface area (Å²) in [5.74, 6) is 1.20. The summed E-state index contributed by atoms with van der Waals surface area (Å²) >= 11 is 0. The molecule has 50 heavy (non-hydrogen) atoms. The molecule has 0 aliphatic carbocycles. The van der Waals surface area contributed by atoms with Crippen LogP contribution in [0, 0.1) is 32.9 Å². The molecule has 7 heteroatoms. The molecule has 0 amide bonds. The monoisotopic (exact) mass is 828 g/mol. The quantitative estimate of drug-likeness (QED) is 0.132. The van der Waals surface area contributed by atoms with Crippen molar-refractivity contribution in [2.24, 2.45) is 0 Å². The Balaban J connectivity index is 0.00000336. The molecule has 6 nitrogen and oxygen atoms in total. The molecular formula is C43H31N5OPt. The van der Waals surface area contributed by atoms with E-state index >= 15 is 0 Å². The van der Waals surface area contributed by atoms with Crippen LogP contribution in [0.4, 0.5) is 0 Å². The van der Waals surface area contributed by atoms with Gasteiger partial charge in [-0.25, -0.2) is 4.98 Å². The van der Waals surface area contributed by atoms with Gasteiger partial charge in [-0.15, -0.1) is 23.8 Å². The SMILES string of the molecule is Cc1cc(C)c(-c2cn3c4cccnc4c4ccc(Oc5[c-]c6c(cc5)C(C)(C)c5cccc7c8cccnc8n-6c57)[c-]c4c3n2)c(C)c1.[Pt+2]. The molecular weight excluding hydrogens is 798 g/mol. The zero-order valence-electron chi connectivity index (χ0n) is 28.2. The first-order valence-corrected chi connectivity index (χ1v) is 16.6. The average molecular weight is 829 g/mol. The van der Waals surface area contributed by atoms with Gasteiger partial charge in [0.2, 0.25) is 0 Å². The maximum Gasteiger partial charge on any atom is 2.00 e. The van der Waals surface area contributed by atoms with E-state index in [1.165, 1.54) is 38.7 Å². The third kappa shape index (κ3) is 4.21. The van der Waals surface area contributed by atoms with Gasteiger partial charge in [-0.1, -0.05) is 78.3 Å². The van der Waals surface area contributed by atoms with Gasteiger partial charge >= 0.3 is 21.1 Å². The zero-order valence-corrected chi connectivity index (χ0v) is 30.5. The number of hydrogen-bond acceptors (Lipinski definition) is 4. The summed E-state index contributed by atoms with van der Waals surface area (Å²) in [5, 5.41) is 4.16. The Morgan fingerprint density at radius 3 is 2.30 bits per heavy atom. The molecule has 10 rings (SSSR count). The van der Waals surface area contributed by atoms with E-state index in [0.29, 0.717) is 11.5 Å². The molecule has 0 spiro atoms. The summed E-state index contributed by atoms with van der Waals surface area (Å²) in [6.45, 7) is 11.0. The molecule has 4 aromatic carbocycles. The summed E-state index contributed by atoms with van der Waals surface area (Å²) in [5.41, 5.74) is 13.7. The predicted molar refractivity (Wildman–Crippen MR) is 196 cm³/mol. The number of aromatic nitrogens is 5. The van der Waals surface area contributed by atoms with Crippen LogP contribution in [0.15, 0.2) is 97.5 Å². The Hall–Kier alpha value is -5.32. The van der Waals surface area contributed by atoms with Crippen LogP contribution in [0.3, 0.4) is 0 Å². The van der Waals surface area contributed by atoms with E-state index in [-0.39, 0.29) is 26.5 Å². The molecule has 0 saturated carbocycles. The number of rotatable bonds is 3. The van der Waals surface area contributed by atoms with E-state index in [1.54, 1.807) is 0 Å². The van der Waals surface area contributed by atoms with Gasteiger partial charge in [0.25, 0.3) is 0 Å². The molecule has 0 atom stereocenters. The number of hydrogen-bond donors (Lipinski definition) is 0. The van der Waals surface area contributed by atoms with Crippen molar-refractivity contribution in [3.8, 4) is 28.4 Å². The van der Waals surface area contributed by atoms with Crippen LogP contribution in [-0.2, 0) is 26.5 Å². The normalized spacial score (nSPS) is 13.3. The fraction of sp³-hybridized carbons (Fsp3) is 0.140. The van der Waals surface area contributed by atoms with Crippen molar-refractivity contribution in [2.75, 3.05) is 0 Å². The number of benzene rings is 4. The van der Waals surface area contributed by atoms with Crippen molar-refractivity contribution >= 4 is 49.4 Å². The minimum Gasteiger partial charge on any atom is -0.503 e. The van der Waals surface area contributed by atoms with E-state index < -0.39 is 0 Å². The van der Waals surface area contributed by atoms with Gasteiger partial charge in [0.05, 0.1) is 27.9 Å². The van der Waals surface area contributed by atoms with Gasteiger partial charge in [0.1, 0.15) is 5.65 Å². The molecule has 5 aromatic heterocycles. The molecule has 0 radical (unpaired) electrons. The van der Waals surface area contributed by atoms with Crippen molar-refractivity contribution in [2.45, 2.75) is 40.0 Å². The maximum absolute atomic E-state index is 6.59. The molecule has 9 aromatic rings. The summed E-state index contributed by atoms with van der Waals surface area (Å²) in [4.78, 5) is 14.9.